The summed E-state index contributed by atoms with van der Waals surface area (Å²) in [7, 11) is 0. The Labute approximate surface area is 120 Å². The van der Waals surface area contributed by atoms with Crippen LogP contribution in [0.5, 0.6) is 0 Å². The lowest BCUT2D eigenvalue weighted by molar-refractivity contribution is 1.12. The lowest BCUT2D eigenvalue weighted by Crippen LogP contribution is -1.96. The standard InChI is InChI=1S/C15H8Cl2N2/c16-14-11-6-2-4-8-13(11)19(15(14)17)12-7-3-1-5-10(12)9-18/h1-8H. The molecule has 0 saturated carbocycles. The van der Waals surface area contributed by atoms with Gasteiger partial charge in [0, 0.05) is 5.39 Å². The summed E-state index contributed by atoms with van der Waals surface area (Å²) < 4.78 is 1.80. The maximum atomic E-state index is 9.21. The van der Waals surface area contributed by atoms with Gasteiger partial charge in [0.05, 0.1) is 21.8 Å². The number of hydrogen-bond donors (Lipinski definition) is 0. The van der Waals surface area contributed by atoms with E-state index < -0.39 is 0 Å². The Morgan fingerprint density at radius 2 is 1.63 bits per heavy atom. The van der Waals surface area contributed by atoms with Crippen LogP contribution in [-0.2, 0) is 0 Å². The topological polar surface area (TPSA) is 28.7 Å². The minimum absolute atomic E-state index is 0.422. The molecule has 0 N–H and O–H groups in total. The Morgan fingerprint density at radius 3 is 2.42 bits per heavy atom. The van der Waals surface area contributed by atoms with E-state index in [1.54, 1.807) is 10.6 Å². The summed E-state index contributed by atoms with van der Waals surface area (Å²) in [5.41, 5.74) is 2.18. The number of aromatic nitrogens is 1. The molecule has 2 aromatic carbocycles. The molecule has 0 aliphatic carbocycles. The third-order valence-corrected chi connectivity index (χ3v) is 3.86. The second kappa shape index (κ2) is 4.62. The van der Waals surface area contributed by atoms with Crippen molar-refractivity contribution in [3.63, 3.8) is 0 Å². The van der Waals surface area contributed by atoms with Gasteiger partial charge < -0.3 is 0 Å². The van der Waals surface area contributed by atoms with Crippen molar-refractivity contribution in [2.24, 2.45) is 0 Å². The van der Waals surface area contributed by atoms with Gasteiger partial charge in [-0.15, -0.1) is 0 Å². The average Bonchev–Trinajstić information content (AvgIpc) is 2.71. The highest BCUT2D eigenvalue weighted by atomic mass is 35.5. The predicted octanol–water partition coefficient (Wildman–Crippen LogP) is 4.81. The van der Waals surface area contributed by atoms with Gasteiger partial charge in [-0.2, -0.15) is 5.26 Å². The maximum Gasteiger partial charge on any atom is 0.133 e. The molecule has 0 aliphatic rings. The van der Waals surface area contributed by atoms with Gasteiger partial charge in [0.2, 0.25) is 0 Å². The molecule has 92 valence electrons. The summed E-state index contributed by atoms with van der Waals surface area (Å²) in [4.78, 5) is 0. The second-order valence-corrected chi connectivity index (χ2v) is 4.82. The van der Waals surface area contributed by atoms with Crippen LogP contribution in [0.2, 0.25) is 10.2 Å². The monoisotopic (exact) mass is 286 g/mol. The number of halogens is 2. The molecule has 19 heavy (non-hydrogen) atoms. The molecule has 2 nitrogen and oxygen atoms in total. The van der Waals surface area contributed by atoms with E-state index in [1.165, 1.54) is 0 Å². The van der Waals surface area contributed by atoms with E-state index in [9.17, 15) is 5.26 Å². The van der Waals surface area contributed by atoms with E-state index in [4.69, 9.17) is 23.2 Å². The summed E-state index contributed by atoms with van der Waals surface area (Å²) in [6.45, 7) is 0. The van der Waals surface area contributed by atoms with Crippen molar-refractivity contribution in [2.75, 3.05) is 0 Å². The molecule has 0 fully saturated rings. The molecule has 1 heterocycles. The van der Waals surface area contributed by atoms with Gasteiger partial charge in [-0.25, -0.2) is 0 Å². The van der Waals surface area contributed by atoms with E-state index in [0.717, 1.165) is 16.6 Å². The van der Waals surface area contributed by atoms with Gasteiger partial charge in [0.1, 0.15) is 11.2 Å². The van der Waals surface area contributed by atoms with Crippen molar-refractivity contribution in [1.29, 1.82) is 5.26 Å². The molecule has 3 aromatic rings. The number of para-hydroxylation sites is 2. The summed E-state index contributed by atoms with van der Waals surface area (Å²) in [5, 5.41) is 11.0. The molecule has 0 bridgehead atoms. The zero-order chi connectivity index (χ0) is 13.4. The van der Waals surface area contributed by atoms with Crippen LogP contribution in [-0.4, -0.2) is 4.57 Å². The van der Waals surface area contributed by atoms with Crippen LogP contribution >= 0.6 is 23.2 Å². The third-order valence-electron chi connectivity index (χ3n) is 3.02. The molecule has 0 radical (unpaired) electrons. The van der Waals surface area contributed by atoms with Crippen LogP contribution in [0.25, 0.3) is 16.6 Å². The number of benzene rings is 2. The fraction of sp³-hybridized carbons (Fsp3) is 0. The molecule has 4 heteroatoms. The molecule has 3 rings (SSSR count). The van der Waals surface area contributed by atoms with Gasteiger partial charge in [0.25, 0.3) is 0 Å². The zero-order valence-corrected chi connectivity index (χ0v) is 11.3. The quantitative estimate of drug-likeness (QED) is 0.631. The fourth-order valence-corrected chi connectivity index (χ4v) is 2.70. The molecule has 0 amide bonds. The van der Waals surface area contributed by atoms with E-state index in [2.05, 4.69) is 6.07 Å². The SMILES string of the molecule is N#Cc1ccccc1-n1c(Cl)c(Cl)c2ccccc21. The lowest BCUT2D eigenvalue weighted by atomic mass is 10.2. The molecular formula is C15H8Cl2N2. The molecule has 0 saturated heterocycles. The van der Waals surface area contributed by atoms with Gasteiger partial charge >= 0.3 is 0 Å². The molecule has 0 aliphatic heterocycles. The Bertz CT molecular complexity index is 813. The molecule has 1 aromatic heterocycles. The zero-order valence-electron chi connectivity index (χ0n) is 9.77. The number of nitriles is 1. The molecular weight excluding hydrogens is 279 g/mol. The van der Waals surface area contributed by atoms with Gasteiger partial charge in [-0.05, 0) is 18.2 Å². The Balaban J connectivity index is 2.44. The van der Waals surface area contributed by atoms with Crippen LogP contribution in [0.1, 0.15) is 5.56 Å². The summed E-state index contributed by atoms with van der Waals surface area (Å²) in [5.74, 6) is 0. The first-order valence-electron chi connectivity index (χ1n) is 5.68. The first-order valence-corrected chi connectivity index (χ1v) is 6.43. The molecule has 0 unspecified atom stereocenters. The molecule has 0 atom stereocenters. The van der Waals surface area contributed by atoms with Crippen molar-refractivity contribution in [1.82, 2.24) is 4.57 Å². The number of fused-ring (bicyclic) bond motifs is 1. The van der Waals surface area contributed by atoms with Crippen molar-refractivity contribution in [3.8, 4) is 11.8 Å². The van der Waals surface area contributed by atoms with Crippen LogP contribution in [0.3, 0.4) is 0 Å². The van der Waals surface area contributed by atoms with Crippen LogP contribution in [0.15, 0.2) is 48.5 Å². The highest BCUT2D eigenvalue weighted by Gasteiger charge is 2.16. The molecule has 0 spiro atoms. The van der Waals surface area contributed by atoms with E-state index in [0.29, 0.717) is 15.7 Å². The Kier molecular flexibility index (Phi) is 2.94. The Morgan fingerprint density at radius 1 is 0.947 bits per heavy atom. The summed E-state index contributed by atoms with van der Waals surface area (Å²) in [6, 6.07) is 17.1. The van der Waals surface area contributed by atoms with Crippen molar-refractivity contribution >= 4 is 34.1 Å². The Hall–Kier alpha value is -1.95. The van der Waals surface area contributed by atoms with Gasteiger partial charge in [0.15, 0.2) is 0 Å². The van der Waals surface area contributed by atoms with Gasteiger partial charge in [-0.1, -0.05) is 53.5 Å². The highest BCUT2D eigenvalue weighted by molar-refractivity contribution is 6.45. The minimum Gasteiger partial charge on any atom is -0.298 e. The normalized spacial score (nSPS) is 10.6. The smallest absolute Gasteiger partial charge is 0.133 e. The minimum atomic E-state index is 0.422. The average molecular weight is 287 g/mol. The first-order chi connectivity index (χ1) is 9.24. The predicted molar refractivity (Wildman–Crippen MR) is 78.0 cm³/mol. The van der Waals surface area contributed by atoms with Gasteiger partial charge in [-0.3, -0.25) is 4.57 Å². The highest BCUT2D eigenvalue weighted by Crippen LogP contribution is 2.37. The first kappa shape index (κ1) is 12.1. The number of nitrogens with zero attached hydrogens (tertiary/aromatic N) is 2. The third kappa shape index (κ3) is 1.79. The van der Waals surface area contributed by atoms with Crippen molar-refractivity contribution in [3.05, 3.63) is 64.3 Å². The number of hydrogen-bond acceptors (Lipinski definition) is 1. The van der Waals surface area contributed by atoms with Crippen LogP contribution in [0, 0.1) is 11.3 Å². The van der Waals surface area contributed by atoms with Crippen LogP contribution in [0.4, 0.5) is 0 Å². The van der Waals surface area contributed by atoms with Crippen molar-refractivity contribution < 1.29 is 0 Å². The largest absolute Gasteiger partial charge is 0.298 e. The van der Waals surface area contributed by atoms with E-state index >= 15 is 0 Å². The summed E-state index contributed by atoms with van der Waals surface area (Å²) >= 11 is 12.6. The van der Waals surface area contributed by atoms with Crippen LogP contribution < -0.4 is 0 Å². The fourth-order valence-electron chi connectivity index (χ4n) is 2.17. The van der Waals surface area contributed by atoms with Crippen molar-refractivity contribution in [2.45, 2.75) is 0 Å². The number of rotatable bonds is 1. The summed E-state index contributed by atoms with van der Waals surface area (Å²) in [6.07, 6.45) is 0. The maximum absolute atomic E-state index is 9.21. The van der Waals surface area contributed by atoms with E-state index in [-0.39, 0.29) is 0 Å². The second-order valence-electron chi connectivity index (χ2n) is 4.09. The lowest BCUT2D eigenvalue weighted by Gasteiger charge is -2.08. The van der Waals surface area contributed by atoms with E-state index in [1.807, 2.05) is 42.5 Å².